The number of amides is 3. The minimum atomic E-state index is -0.470. The number of likely N-dealkylation sites (N-methyl/N-ethyl adjacent to an activating group) is 1. The highest BCUT2D eigenvalue weighted by atomic mass is 19.1. The SMILES string of the molecule is CCN(CC(=O)NCc1ccc(F)cc1)C(=O)[C@H]1CC(=O)N(Cc2ccco2)C1. The maximum atomic E-state index is 12.9. The van der Waals surface area contributed by atoms with Crippen molar-refractivity contribution in [1.82, 2.24) is 15.1 Å². The monoisotopic (exact) mass is 401 g/mol. The van der Waals surface area contributed by atoms with Crippen LogP contribution in [0.4, 0.5) is 4.39 Å². The Morgan fingerprint density at radius 2 is 2.03 bits per heavy atom. The molecule has 0 saturated carbocycles. The van der Waals surface area contributed by atoms with Crippen molar-refractivity contribution < 1.29 is 23.2 Å². The van der Waals surface area contributed by atoms with E-state index in [1.54, 1.807) is 42.4 Å². The zero-order valence-electron chi connectivity index (χ0n) is 16.3. The molecule has 1 N–H and O–H groups in total. The van der Waals surface area contributed by atoms with Gasteiger partial charge in [-0.1, -0.05) is 12.1 Å². The molecule has 0 aliphatic carbocycles. The van der Waals surface area contributed by atoms with Crippen molar-refractivity contribution in [2.75, 3.05) is 19.6 Å². The van der Waals surface area contributed by atoms with Crippen LogP contribution in [0.25, 0.3) is 0 Å². The number of hydrogen-bond acceptors (Lipinski definition) is 4. The van der Waals surface area contributed by atoms with Crippen molar-refractivity contribution in [3.8, 4) is 0 Å². The van der Waals surface area contributed by atoms with Gasteiger partial charge in [-0.2, -0.15) is 0 Å². The van der Waals surface area contributed by atoms with Gasteiger partial charge >= 0.3 is 0 Å². The molecule has 1 aromatic heterocycles. The summed E-state index contributed by atoms with van der Waals surface area (Å²) in [5.74, 6) is -0.756. The van der Waals surface area contributed by atoms with Crippen molar-refractivity contribution in [3.05, 3.63) is 59.8 Å². The second-order valence-corrected chi connectivity index (χ2v) is 7.01. The molecule has 1 atom stereocenters. The highest BCUT2D eigenvalue weighted by Crippen LogP contribution is 2.22. The summed E-state index contributed by atoms with van der Waals surface area (Å²) in [6.45, 7) is 2.98. The predicted octanol–water partition coefficient (Wildman–Crippen LogP) is 1.93. The molecule has 1 aromatic carbocycles. The quantitative estimate of drug-likeness (QED) is 0.733. The van der Waals surface area contributed by atoms with E-state index in [0.717, 1.165) is 5.56 Å². The van der Waals surface area contributed by atoms with Crippen LogP contribution >= 0.6 is 0 Å². The van der Waals surface area contributed by atoms with E-state index >= 15 is 0 Å². The van der Waals surface area contributed by atoms with E-state index < -0.39 is 5.92 Å². The Kier molecular flexibility index (Phi) is 6.64. The number of furan rings is 1. The van der Waals surface area contributed by atoms with Gasteiger partial charge in [-0.15, -0.1) is 0 Å². The maximum Gasteiger partial charge on any atom is 0.239 e. The van der Waals surface area contributed by atoms with Crippen LogP contribution in [0.3, 0.4) is 0 Å². The van der Waals surface area contributed by atoms with Gasteiger partial charge in [0.05, 0.1) is 25.3 Å². The molecule has 7 nitrogen and oxygen atoms in total. The zero-order chi connectivity index (χ0) is 20.8. The third-order valence-electron chi connectivity index (χ3n) is 4.92. The molecule has 3 rings (SSSR count). The molecular formula is C21H24FN3O4. The number of carbonyl (C=O) groups excluding carboxylic acids is 3. The maximum absolute atomic E-state index is 12.9. The fourth-order valence-electron chi connectivity index (χ4n) is 3.32. The van der Waals surface area contributed by atoms with Gasteiger partial charge in [-0.3, -0.25) is 14.4 Å². The molecule has 2 heterocycles. The number of halogens is 1. The number of carbonyl (C=O) groups is 3. The molecule has 154 valence electrons. The number of benzene rings is 1. The first kappa shape index (κ1) is 20.6. The number of likely N-dealkylation sites (tertiary alicyclic amines) is 1. The molecule has 2 aromatic rings. The van der Waals surface area contributed by atoms with Crippen LogP contribution in [0.1, 0.15) is 24.7 Å². The van der Waals surface area contributed by atoms with E-state index in [-0.39, 0.29) is 43.0 Å². The van der Waals surface area contributed by atoms with Gasteiger partial charge in [-0.25, -0.2) is 4.39 Å². The summed E-state index contributed by atoms with van der Waals surface area (Å²) in [7, 11) is 0. The Labute approximate surface area is 168 Å². The van der Waals surface area contributed by atoms with E-state index in [4.69, 9.17) is 4.42 Å². The molecule has 0 bridgehead atoms. The third-order valence-corrected chi connectivity index (χ3v) is 4.92. The first-order valence-corrected chi connectivity index (χ1v) is 9.56. The van der Waals surface area contributed by atoms with Crippen LogP contribution < -0.4 is 5.32 Å². The largest absolute Gasteiger partial charge is 0.467 e. The van der Waals surface area contributed by atoms with E-state index in [0.29, 0.717) is 25.4 Å². The summed E-state index contributed by atoms with van der Waals surface area (Å²) >= 11 is 0. The molecule has 0 radical (unpaired) electrons. The van der Waals surface area contributed by atoms with Gasteiger partial charge in [0.25, 0.3) is 0 Å². The number of nitrogens with one attached hydrogen (secondary N) is 1. The second-order valence-electron chi connectivity index (χ2n) is 7.01. The predicted molar refractivity (Wildman–Crippen MR) is 103 cm³/mol. The first-order chi connectivity index (χ1) is 14.0. The number of hydrogen-bond donors (Lipinski definition) is 1. The van der Waals surface area contributed by atoms with Gasteiger partial charge in [0.2, 0.25) is 17.7 Å². The fraction of sp³-hybridized carbons (Fsp3) is 0.381. The van der Waals surface area contributed by atoms with Crippen molar-refractivity contribution in [1.29, 1.82) is 0 Å². The standard InChI is InChI=1S/C21H24FN3O4/c1-2-24(14-19(26)23-11-15-5-7-17(22)8-6-15)21(28)16-10-20(27)25(12-16)13-18-4-3-9-29-18/h3-9,16H,2,10-14H2,1H3,(H,23,26)/t16-/m0/s1. The van der Waals surface area contributed by atoms with Gasteiger partial charge in [-0.05, 0) is 36.8 Å². The van der Waals surface area contributed by atoms with Gasteiger partial charge in [0, 0.05) is 26.1 Å². The van der Waals surface area contributed by atoms with Gasteiger partial charge < -0.3 is 19.5 Å². The van der Waals surface area contributed by atoms with Crippen molar-refractivity contribution in [2.24, 2.45) is 5.92 Å². The minimum absolute atomic E-state index is 0.0839. The lowest BCUT2D eigenvalue weighted by atomic mass is 10.1. The van der Waals surface area contributed by atoms with E-state index in [1.807, 2.05) is 0 Å². The average molecular weight is 401 g/mol. The molecule has 29 heavy (non-hydrogen) atoms. The minimum Gasteiger partial charge on any atom is -0.467 e. The molecule has 1 aliphatic heterocycles. The highest BCUT2D eigenvalue weighted by Gasteiger charge is 2.36. The Morgan fingerprint density at radius 3 is 2.69 bits per heavy atom. The summed E-state index contributed by atoms with van der Waals surface area (Å²) in [5.41, 5.74) is 0.768. The van der Waals surface area contributed by atoms with Crippen LogP contribution in [0.15, 0.2) is 47.1 Å². The lowest BCUT2D eigenvalue weighted by Gasteiger charge is -2.23. The average Bonchev–Trinajstić information content (AvgIpc) is 3.35. The van der Waals surface area contributed by atoms with Crippen LogP contribution in [0, 0.1) is 11.7 Å². The van der Waals surface area contributed by atoms with Gasteiger partial charge in [0.1, 0.15) is 11.6 Å². The smallest absolute Gasteiger partial charge is 0.239 e. The number of nitrogens with zero attached hydrogens (tertiary/aromatic N) is 2. The van der Waals surface area contributed by atoms with Crippen molar-refractivity contribution in [2.45, 2.75) is 26.4 Å². The summed E-state index contributed by atoms with van der Waals surface area (Å²) in [6.07, 6.45) is 1.68. The Balaban J connectivity index is 1.51. The van der Waals surface area contributed by atoms with Crippen molar-refractivity contribution >= 4 is 17.7 Å². The summed E-state index contributed by atoms with van der Waals surface area (Å²) in [4.78, 5) is 40.4. The van der Waals surface area contributed by atoms with E-state index in [9.17, 15) is 18.8 Å². The van der Waals surface area contributed by atoms with Gasteiger partial charge in [0.15, 0.2) is 0 Å². The second kappa shape index (κ2) is 9.36. The molecular weight excluding hydrogens is 377 g/mol. The zero-order valence-corrected chi connectivity index (χ0v) is 16.3. The Bertz CT molecular complexity index is 851. The normalized spacial score (nSPS) is 16.1. The summed E-state index contributed by atoms with van der Waals surface area (Å²) in [5, 5.41) is 2.73. The molecule has 0 unspecified atom stereocenters. The summed E-state index contributed by atoms with van der Waals surface area (Å²) < 4.78 is 18.2. The van der Waals surface area contributed by atoms with Crippen LogP contribution in [0.2, 0.25) is 0 Å². The molecule has 0 spiro atoms. The van der Waals surface area contributed by atoms with Crippen molar-refractivity contribution in [3.63, 3.8) is 0 Å². The summed E-state index contributed by atoms with van der Waals surface area (Å²) in [6, 6.07) is 9.38. The lowest BCUT2D eigenvalue weighted by Crippen LogP contribution is -2.43. The highest BCUT2D eigenvalue weighted by molar-refractivity contribution is 5.91. The molecule has 1 aliphatic rings. The first-order valence-electron chi connectivity index (χ1n) is 9.56. The Hall–Kier alpha value is -3.16. The molecule has 1 saturated heterocycles. The van der Waals surface area contributed by atoms with E-state index in [1.165, 1.54) is 17.0 Å². The molecule has 1 fully saturated rings. The molecule has 3 amide bonds. The Morgan fingerprint density at radius 1 is 1.28 bits per heavy atom. The number of rotatable bonds is 8. The topological polar surface area (TPSA) is 82.9 Å². The van der Waals surface area contributed by atoms with Crippen LogP contribution in [-0.4, -0.2) is 47.2 Å². The van der Waals surface area contributed by atoms with Crippen LogP contribution in [0.5, 0.6) is 0 Å². The third kappa shape index (κ3) is 5.43. The van der Waals surface area contributed by atoms with Crippen LogP contribution in [-0.2, 0) is 27.5 Å². The molecule has 8 heteroatoms. The lowest BCUT2D eigenvalue weighted by molar-refractivity contribution is -0.139. The fourth-order valence-corrected chi connectivity index (χ4v) is 3.32. The van der Waals surface area contributed by atoms with E-state index in [2.05, 4.69) is 5.32 Å².